The zero-order valence-corrected chi connectivity index (χ0v) is 13.6. The molecule has 26 heavy (non-hydrogen) atoms. The van der Waals surface area contributed by atoms with Crippen LogP contribution in [0.25, 0.3) is 0 Å². The predicted molar refractivity (Wildman–Crippen MR) is 89.6 cm³/mol. The minimum Gasteiger partial charge on any atom is -0.507 e. The van der Waals surface area contributed by atoms with E-state index in [1.165, 1.54) is 12.1 Å². The minimum atomic E-state index is -0.884. The van der Waals surface area contributed by atoms with Crippen LogP contribution in [-0.4, -0.2) is 28.5 Å². The quantitative estimate of drug-likeness (QED) is 0.476. The number of hydrogen-bond acceptors (Lipinski definition) is 7. The van der Waals surface area contributed by atoms with Crippen molar-refractivity contribution in [3.63, 3.8) is 0 Å². The Hall–Kier alpha value is -3.93. The number of non-ortho nitro benzene ring substituents is 1. The monoisotopic (exact) mass is 355 g/mol. The molecule has 2 rings (SSSR count). The van der Waals surface area contributed by atoms with Crippen molar-refractivity contribution in [1.82, 2.24) is 0 Å². The number of rotatable bonds is 5. The number of nitrogens with one attached hydrogen (secondary N) is 1. The molecule has 0 aromatic heterocycles. The van der Waals surface area contributed by atoms with Gasteiger partial charge in [0.1, 0.15) is 17.4 Å². The molecular formula is C17H13N3O6. The van der Waals surface area contributed by atoms with Crippen LogP contribution < -0.4 is 5.32 Å². The van der Waals surface area contributed by atoms with Crippen molar-refractivity contribution in [2.24, 2.45) is 0 Å². The number of benzene rings is 2. The maximum Gasteiger partial charge on any atom is 0.342 e. The lowest BCUT2D eigenvalue weighted by Crippen LogP contribution is -2.21. The predicted octanol–water partition coefficient (Wildman–Crippen LogP) is 2.28. The van der Waals surface area contributed by atoms with Crippen LogP contribution in [0.15, 0.2) is 36.4 Å². The van der Waals surface area contributed by atoms with Gasteiger partial charge in [-0.25, -0.2) is 4.79 Å². The van der Waals surface area contributed by atoms with Gasteiger partial charge < -0.3 is 15.2 Å². The molecular weight excluding hydrogens is 342 g/mol. The van der Waals surface area contributed by atoms with E-state index in [0.29, 0.717) is 5.56 Å². The number of nitro groups is 1. The van der Waals surface area contributed by atoms with Crippen molar-refractivity contribution in [2.45, 2.75) is 6.92 Å². The first kappa shape index (κ1) is 18.4. The van der Waals surface area contributed by atoms with Gasteiger partial charge in [0.15, 0.2) is 6.61 Å². The van der Waals surface area contributed by atoms with E-state index < -0.39 is 23.4 Å². The van der Waals surface area contributed by atoms with Gasteiger partial charge >= 0.3 is 5.97 Å². The number of esters is 1. The van der Waals surface area contributed by atoms with Crippen molar-refractivity contribution in [1.29, 1.82) is 5.26 Å². The van der Waals surface area contributed by atoms with Crippen molar-refractivity contribution < 1.29 is 24.4 Å². The van der Waals surface area contributed by atoms with Crippen molar-refractivity contribution in [2.75, 3.05) is 11.9 Å². The summed E-state index contributed by atoms with van der Waals surface area (Å²) >= 11 is 0. The Balaban J connectivity index is 2.03. The Kier molecular flexibility index (Phi) is 5.49. The molecule has 0 aliphatic carbocycles. The van der Waals surface area contributed by atoms with E-state index in [1.807, 2.05) is 0 Å². The number of aryl methyl sites for hydroxylation is 1. The van der Waals surface area contributed by atoms with E-state index in [2.05, 4.69) is 5.32 Å². The normalized spacial score (nSPS) is 9.85. The van der Waals surface area contributed by atoms with Crippen LogP contribution in [0.1, 0.15) is 21.5 Å². The van der Waals surface area contributed by atoms with E-state index >= 15 is 0 Å². The van der Waals surface area contributed by atoms with E-state index in [1.54, 1.807) is 25.1 Å². The summed E-state index contributed by atoms with van der Waals surface area (Å²) in [5.41, 5.74) is 0.0629. The highest BCUT2D eigenvalue weighted by molar-refractivity contribution is 5.97. The summed E-state index contributed by atoms with van der Waals surface area (Å²) in [5, 5.41) is 31.9. The van der Waals surface area contributed by atoms with E-state index in [-0.39, 0.29) is 28.3 Å². The first-order chi connectivity index (χ1) is 12.3. The fourth-order valence-electron chi connectivity index (χ4n) is 2.07. The number of nitro benzene ring substituents is 1. The van der Waals surface area contributed by atoms with Crippen LogP contribution in [0.4, 0.5) is 11.4 Å². The zero-order valence-electron chi connectivity index (χ0n) is 13.6. The third kappa shape index (κ3) is 4.12. The summed E-state index contributed by atoms with van der Waals surface area (Å²) in [6.45, 7) is 0.949. The molecule has 9 heteroatoms. The molecule has 2 aromatic carbocycles. The third-order valence-corrected chi connectivity index (χ3v) is 3.40. The average Bonchev–Trinajstić information content (AvgIpc) is 2.62. The number of hydrogen-bond donors (Lipinski definition) is 2. The fraction of sp³-hybridized carbons (Fsp3) is 0.118. The van der Waals surface area contributed by atoms with Gasteiger partial charge in [0.2, 0.25) is 0 Å². The second-order valence-electron chi connectivity index (χ2n) is 5.19. The number of nitrogens with zero attached hydrogens (tertiary/aromatic N) is 2. The van der Waals surface area contributed by atoms with Gasteiger partial charge in [-0.1, -0.05) is 12.1 Å². The maximum absolute atomic E-state index is 11.9. The summed E-state index contributed by atoms with van der Waals surface area (Å²) in [6, 6.07) is 9.62. The third-order valence-electron chi connectivity index (χ3n) is 3.40. The Labute approximate surface area is 147 Å². The number of amides is 1. The van der Waals surface area contributed by atoms with Crippen molar-refractivity contribution in [3.8, 4) is 11.8 Å². The molecule has 0 radical (unpaired) electrons. The number of phenolic OH excluding ortho intramolecular Hbond substituents is 1. The number of nitriles is 1. The highest BCUT2D eigenvalue weighted by Crippen LogP contribution is 2.23. The number of carbonyl (C=O) groups excluding carboxylic acids is 2. The minimum absolute atomic E-state index is 0.0533. The molecule has 0 aliphatic heterocycles. The van der Waals surface area contributed by atoms with Gasteiger partial charge in [0, 0.05) is 12.1 Å². The first-order valence-electron chi connectivity index (χ1n) is 7.27. The van der Waals surface area contributed by atoms with Gasteiger partial charge in [-0.2, -0.15) is 5.26 Å². The molecule has 0 heterocycles. The maximum atomic E-state index is 11.9. The summed E-state index contributed by atoms with van der Waals surface area (Å²) in [6.07, 6.45) is 0. The second-order valence-corrected chi connectivity index (χ2v) is 5.19. The van der Waals surface area contributed by atoms with Crippen LogP contribution in [-0.2, 0) is 9.53 Å². The Bertz CT molecular complexity index is 933. The second kappa shape index (κ2) is 7.76. The van der Waals surface area contributed by atoms with E-state index in [0.717, 1.165) is 12.1 Å². The van der Waals surface area contributed by atoms with Gasteiger partial charge in [0.25, 0.3) is 11.6 Å². The highest BCUT2D eigenvalue weighted by atomic mass is 16.6. The van der Waals surface area contributed by atoms with Gasteiger partial charge in [-0.3, -0.25) is 14.9 Å². The SMILES string of the molecule is Cc1cccc(C(=O)OCC(=O)Nc2ccc([N+](=O)[O-])cc2C#N)c1O. The van der Waals surface area contributed by atoms with Crippen LogP contribution >= 0.6 is 0 Å². The van der Waals surface area contributed by atoms with Crippen molar-refractivity contribution in [3.05, 3.63) is 63.2 Å². The Morgan fingerprint density at radius 3 is 2.73 bits per heavy atom. The largest absolute Gasteiger partial charge is 0.507 e. The summed E-state index contributed by atoms with van der Waals surface area (Å²) < 4.78 is 4.83. The fourth-order valence-corrected chi connectivity index (χ4v) is 2.07. The number of carbonyl (C=O) groups is 2. The summed E-state index contributed by atoms with van der Waals surface area (Å²) in [4.78, 5) is 33.9. The van der Waals surface area contributed by atoms with E-state index in [4.69, 9.17) is 10.00 Å². The lowest BCUT2D eigenvalue weighted by molar-refractivity contribution is -0.384. The average molecular weight is 355 g/mol. The Morgan fingerprint density at radius 1 is 1.35 bits per heavy atom. The molecule has 0 atom stereocenters. The standard InChI is InChI=1S/C17H13N3O6/c1-10-3-2-4-13(16(10)22)17(23)26-9-15(21)19-14-6-5-12(20(24)25)7-11(14)8-18/h2-7,22H,9H2,1H3,(H,19,21). The molecule has 0 saturated heterocycles. The smallest absolute Gasteiger partial charge is 0.342 e. The first-order valence-corrected chi connectivity index (χ1v) is 7.27. The molecule has 0 unspecified atom stereocenters. The van der Waals surface area contributed by atoms with Crippen LogP contribution in [0.3, 0.4) is 0 Å². The Morgan fingerprint density at radius 2 is 2.08 bits per heavy atom. The molecule has 0 fully saturated rings. The highest BCUT2D eigenvalue weighted by Gasteiger charge is 2.17. The number of phenols is 1. The number of ether oxygens (including phenoxy) is 1. The molecule has 0 spiro atoms. The van der Waals surface area contributed by atoms with Crippen LogP contribution in [0.5, 0.6) is 5.75 Å². The molecule has 2 N–H and O–H groups in total. The number of aromatic hydroxyl groups is 1. The lowest BCUT2D eigenvalue weighted by Gasteiger charge is -2.09. The van der Waals surface area contributed by atoms with Gasteiger partial charge in [0.05, 0.1) is 16.2 Å². The van der Waals surface area contributed by atoms with Crippen LogP contribution in [0.2, 0.25) is 0 Å². The summed E-state index contributed by atoms with van der Waals surface area (Å²) in [5.74, 6) is -1.86. The zero-order chi connectivity index (χ0) is 19.3. The van der Waals surface area contributed by atoms with Crippen LogP contribution in [0, 0.1) is 28.4 Å². The van der Waals surface area contributed by atoms with Gasteiger partial charge in [-0.15, -0.1) is 0 Å². The summed E-state index contributed by atoms with van der Waals surface area (Å²) in [7, 11) is 0. The molecule has 0 bridgehead atoms. The molecule has 0 saturated carbocycles. The topological polar surface area (TPSA) is 143 Å². The number of anilines is 1. The molecule has 9 nitrogen and oxygen atoms in total. The molecule has 0 aliphatic rings. The lowest BCUT2D eigenvalue weighted by atomic mass is 10.1. The van der Waals surface area contributed by atoms with E-state index in [9.17, 15) is 24.8 Å². The molecule has 132 valence electrons. The molecule has 1 amide bonds. The number of para-hydroxylation sites is 1. The van der Waals surface area contributed by atoms with Crippen molar-refractivity contribution >= 4 is 23.3 Å². The van der Waals surface area contributed by atoms with Gasteiger partial charge in [-0.05, 0) is 24.6 Å². The molecule has 2 aromatic rings.